The maximum atomic E-state index is 12.9. The zero-order valence-electron chi connectivity index (χ0n) is 12.2. The molecule has 0 aromatic heterocycles. The van der Waals surface area contributed by atoms with Crippen LogP contribution in [0, 0.1) is 11.7 Å². The third-order valence-corrected chi connectivity index (χ3v) is 4.68. The van der Waals surface area contributed by atoms with Gasteiger partial charge in [-0.05, 0) is 37.5 Å². The Labute approximate surface area is 124 Å². The van der Waals surface area contributed by atoms with E-state index in [4.69, 9.17) is 0 Å². The molecule has 1 aliphatic heterocycles. The Morgan fingerprint density at radius 3 is 2.71 bits per heavy atom. The van der Waals surface area contributed by atoms with Gasteiger partial charge in [-0.2, -0.15) is 0 Å². The molecule has 1 saturated carbocycles. The molecule has 3 N–H and O–H groups in total. The maximum absolute atomic E-state index is 12.9. The summed E-state index contributed by atoms with van der Waals surface area (Å²) >= 11 is 0. The number of carbonyl (C=O) groups is 1. The summed E-state index contributed by atoms with van der Waals surface area (Å²) in [6.45, 7) is 1.92. The average Bonchev–Trinajstić information content (AvgIpc) is 2.92. The van der Waals surface area contributed by atoms with E-state index >= 15 is 0 Å². The zero-order chi connectivity index (χ0) is 14.8. The van der Waals surface area contributed by atoms with Crippen LogP contribution in [0.4, 0.5) is 4.39 Å². The van der Waals surface area contributed by atoms with E-state index in [-0.39, 0.29) is 23.8 Å². The molecular formula is C16H22FN3O. The van der Waals surface area contributed by atoms with Gasteiger partial charge in [0, 0.05) is 12.0 Å². The molecule has 1 saturated heterocycles. The summed E-state index contributed by atoms with van der Waals surface area (Å²) in [4.78, 5) is 12.5. The van der Waals surface area contributed by atoms with Gasteiger partial charge in [0.05, 0.1) is 6.04 Å². The highest BCUT2D eigenvalue weighted by Gasteiger charge is 2.41. The third-order valence-electron chi connectivity index (χ3n) is 4.68. The highest BCUT2D eigenvalue weighted by molar-refractivity contribution is 5.83. The molecular weight excluding hydrogens is 269 g/mol. The Morgan fingerprint density at radius 2 is 1.95 bits per heavy atom. The van der Waals surface area contributed by atoms with E-state index in [0.29, 0.717) is 12.0 Å². The van der Waals surface area contributed by atoms with Gasteiger partial charge in [-0.25, -0.2) is 9.82 Å². The predicted octanol–water partition coefficient (Wildman–Crippen LogP) is 2.04. The van der Waals surface area contributed by atoms with E-state index < -0.39 is 0 Å². The normalized spacial score (nSPS) is 29.7. The van der Waals surface area contributed by atoms with Crippen molar-refractivity contribution in [3.05, 3.63) is 35.6 Å². The summed E-state index contributed by atoms with van der Waals surface area (Å²) in [5, 5.41) is 3.03. The molecule has 3 rings (SSSR count). The summed E-state index contributed by atoms with van der Waals surface area (Å²) in [5.41, 5.74) is 7.30. The lowest BCUT2D eigenvalue weighted by atomic mass is 9.81. The second-order valence-corrected chi connectivity index (χ2v) is 6.10. The van der Waals surface area contributed by atoms with Crippen molar-refractivity contribution in [2.75, 3.05) is 0 Å². The molecule has 4 atom stereocenters. The largest absolute Gasteiger partial charge is 0.348 e. The standard InChI is InChI=1S/C16H22FN3O/c1-10(11-6-8-12(17)9-7-11)18-16(21)15-13-4-2-3-5-14(13)19-20-15/h6-10,13-15,19-20H,2-5H2,1H3,(H,18,21). The van der Waals surface area contributed by atoms with Crippen LogP contribution in [0.15, 0.2) is 24.3 Å². The van der Waals surface area contributed by atoms with Crippen LogP contribution < -0.4 is 16.2 Å². The lowest BCUT2D eigenvalue weighted by Crippen LogP contribution is -2.46. The smallest absolute Gasteiger partial charge is 0.239 e. The van der Waals surface area contributed by atoms with E-state index in [1.807, 2.05) is 6.92 Å². The maximum Gasteiger partial charge on any atom is 0.239 e. The quantitative estimate of drug-likeness (QED) is 0.799. The van der Waals surface area contributed by atoms with Gasteiger partial charge in [0.15, 0.2) is 0 Å². The second-order valence-electron chi connectivity index (χ2n) is 6.10. The van der Waals surface area contributed by atoms with Crippen LogP contribution in [0.1, 0.15) is 44.2 Å². The van der Waals surface area contributed by atoms with E-state index in [0.717, 1.165) is 18.4 Å². The van der Waals surface area contributed by atoms with E-state index in [1.54, 1.807) is 12.1 Å². The number of halogens is 1. The fourth-order valence-electron chi connectivity index (χ4n) is 3.44. The SMILES string of the molecule is CC(NC(=O)C1NNC2CCCCC21)c1ccc(F)cc1. The van der Waals surface area contributed by atoms with Gasteiger partial charge in [0.25, 0.3) is 0 Å². The van der Waals surface area contributed by atoms with Gasteiger partial charge in [-0.15, -0.1) is 0 Å². The minimum absolute atomic E-state index is 0.0220. The van der Waals surface area contributed by atoms with Crippen LogP contribution >= 0.6 is 0 Å². The number of benzene rings is 1. The van der Waals surface area contributed by atoms with E-state index in [2.05, 4.69) is 16.2 Å². The number of nitrogens with one attached hydrogen (secondary N) is 3. The molecule has 2 fully saturated rings. The highest BCUT2D eigenvalue weighted by atomic mass is 19.1. The molecule has 1 heterocycles. The zero-order valence-corrected chi connectivity index (χ0v) is 12.2. The van der Waals surface area contributed by atoms with Crippen LogP contribution in [-0.4, -0.2) is 18.0 Å². The van der Waals surface area contributed by atoms with Gasteiger partial charge < -0.3 is 5.32 Å². The van der Waals surface area contributed by atoms with Gasteiger partial charge >= 0.3 is 0 Å². The Bertz CT molecular complexity index is 505. The van der Waals surface area contributed by atoms with Crippen molar-refractivity contribution in [3.63, 3.8) is 0 Å². The molecule has 1 aromatic rings. The van der Waals surface area contributed by atoms with Crippen molar-refractivity contribution in [3.8, 4) is 0 Å². The third kappa shape index (κ3) is 3.09. The fraction of sp³-hybridized carbons (Fsp3) is 0.562. The number of amides is 1. The Kier molecular flexibility index (Phi) is 4.22. The van der Waals surface area contributed by atoms with Gasteiger partial charge in [0.2, 0.25) is 5.91 Å². The van der Waals surface area contributed by atoms with Crippen LogP contribution in [-0.2, 0) is 4.79 Å². The van der Waals surface area contributed by atoms with Gasteiger partial charge in [0.1, 0.15) is 11.9 Å². The number of carbonyl (C=O) groups excluding carboxylic acids is 1. The molecule has 1 aromatic carbocycles. The first-order valence-electron chi connectivity index (χ1n) is 7.72. The van der Waals surface area contributed by atoms with Crippen molar-refractivity contribution < 1.29 is 9.18 Å². The first-order chi connectivity index (χ1) is 10.1. The molecule has 0 spiro atoms. The lowest BCUT2D eigenvalue weighted by Gasteiger charge is -2.27. The molecule has 4 nitrogen and oxygen atoms in total. The number of hydrogen-bond acceptors (Lipinski definition) is 3. The molecule has 4 unspecified atom stereocenters. The number of hydrazine groups is 1. The molecule has 0 bridgehead atoms. The lowest BCUT2D eigenvalue weighted by molar-refractivity contribution is -0.124. The molecule has 114 valence electrons. The highest BCUT2D eigenvalue weighted by Crippen LogP contribution is 2.30. The van der Waals surface area contributed by atoms with Crippen molar-refractivity contribution in [1.82, 2.24) is 16.2 Å². The van der Waals surface area contributed by atoms with Crippen molar-refractivity contribution in [1.29, 1.82) is 0 Å². The van der Waals surface area contributed by atoms with Crippen LogP contribution in [0.3, 0.4) is 0 Å². The Morgan fingerprint density at radius 1 is 1.24 bits per heavy atom. The van der Waals surface area contributed by atoms with Crippen LogP contribution in [0.25, 0.3) is 0 Å². The van der Waals surface area contributed by atoms with E-state index in [1.165, 1.54) is 25.0 Å². The van der Waals surface area contributed by atoms with E-state index in [9.17, 15) is 9.18 Å². The molecule has 1 amide bonds. The van der Waals surface area contributed by atoms with Crippen molar-refractivity contribution in [2.24, 2.45) is 5.92 Å². The molecule has 5 heteroatoms. The predicted molar refractivity (Wildman–Crippen MR) is 78.8 cm³/mol. The monoisotopic (exact) mass is 291 g/mol. The number of rotatable bonds is 3. The molecule has 2 aliphatic rings. The van der Waals surface area contributed by atoms with Crippen molar-refractivity contribution in [2.45, 2.75) is 50.7 Å². The molecule has 1 aliphatic carbocycles. The first-order valence-corrected chi connectivity index (χ1v) is 7.72. The Hall–Kier alpha value is -1.46. The number of fused-ring (bicyclic) bond motifs is 1. The number of hydrogen-bond donors (Lipinski definition) is 3. The van der Waals surface area contributed by atoms with Crippen LogP contribution in [0.2, 0.25) is 0 Å². The topological polar surface area (TPSA) is 53.2 Å². The molecule has 0 radical (unpaired) electrons. The first kappa shape index (κ1) is 14.5. The summed E-state index contributed by atoms with van der Waals surface area (Å²) < 4.78 is 12.9. The molecule has 21 heavy (non-hydrogen) atoms. The minimum Gasteiger partial charge on any atom is -0.348 e. The summed E-state index contributed by atoms with van der Waals surface area (Å²) in [6.07, 6.45) is 4.65. The fourth-order valence-corrected chi connectivity index (χ4v) is 3.44. The van der Waals surface area contributed by atoms with Gasteiger partial charge in [-0.1, -0.05) is 25.0 Å². The Balaban J connectivity index is 1.62. The second kappa shape index (κ2) is 6.12. The van der Waals surface area contributed by atoms with Gasteiger partial charge in [-0.3, -0.25) is 10.2 Å². The van der Waals surface area contributed by atoms with Crippen LogP contribution in [0.5, 0.6) is 0 Å². The summed E-state index contributed by atoms with van der Waals surface area (Å²) in [6, 6.07) is 6.39. The minimum atomic E-state index is -0.260. The summed E-state index contributed by atoms with van der Waals surface area (Å²) in [5.74, 6) is 0.136. The van der Waals surface area contributed by atoms with Crippen molar-refractivity contribution >= 4 is 5.91 Å². The summed E-state index contributed by atoms with van der Waals surface area (Å²) in [7, 11) is 0. The average molecular weight is 291 g/mol.